The summed E-state index contributed by atoms with van der Waals surface area (Å²) in [5, 5.41) is 11.3. The predicted molar refractivity (Wildman–Crippen MR) is 211 cm³/mol. The van der Waals surface area contributed by atoms with Gasteiger partial charge in [0.25, 0.3) is 0 Å². The Labute approximate surface area is 292 Å². The van der Waals surface area contributed by atoms with Crippen molar-refractivity contribution in [2.45, 2.75) is 0 Å². The van der Waals surface area contributed by atoms with Crippen LogP contribution >= 0.6 is 0 Å². The topological polar surface area (TPSA) is 42.4 Å². The molecule has 0 fully saturated rings. The Kier molecular flexibility index (Phi) is 5.92. The number of hydrogen-bond acceptors (Lipinski definition) is 4. The molecule has 11 aromatic rings. The molecule has 4 nitrogen and oxygen atoms in total. The molecule has 4 heteroatoms. The van der Waals surface area contributed by atoms with E-state index >= 15 is 0 Å². The summed E-state index contributed by atoms with van der Waals surface area (Å²) in [6.07, 6.45) is 3.75. The van der Waals surface area contributed by atoms with E-state index in [0.29, 0.717) is 0 Å². The molecular formula is C47H28N2O2. The van der Waals surface area contributed by atoms with Gasteiger partial charge < -0.3 is 13.7 Å². The quantitative estimate of drug-likeness (QED) is 0.190. The monoisotopic (exact) mass is 652 g/mol. The van der Waals surface area contributed by atoms with Crippen molar-refractivity contribution in [3.63, 3.8) is 0 Å². The molecule has 0 N–H and O–H groups in total. The van der Waals surface area contributed by atoms with Gasteiger partial charge in [0, 0.05) is 67.2 Å². The van der Waals surface area contributed by atoms with Gasteiger partial charge in [0.05, 0.1) is 0 Å². The lowest BCUT2D eigenvalue weighted by Gasteiger charge is -2.26. The van der Waals surface area contributed by atoms with Crippen LogP contribution in [0.5, 0.6) is 0 Å². The minimum atomic E-state index is 0.906. The molecule has 0 aliphatic heterocycles. The van der Waals surface area contributed by atoms with Gasteiger partial charge in [-0.15, -0.1) is 0 Å². The molecule has 51 heavy (non-hydrogen) atoms. The Hall–Kier alpha value is -6.91. The number of para-hydroxylation sites is 2. The van der Waals surface area contributed by atoms with Crippen molar-refractivity contribution in [1.82, 2.24) is 4.98 Å². The van der Waals surface area contributed by atoms with Crippen LogP contribution in [0, 0.1) is 0 Å². The van der Waals surface area contributed by atoms with Crippen LogP contribution in [-0.4, -0.2) is 4.98 Å². The summed E-state index contributed by atoms with van der Waals surface area (Å²) < 4.78 is 12.8. The van der Waals surface area contributed by atoms with Gasteiger partial charge in [-0.05, 0) is 112 Å². The Bertz CT molecular complexity index is 3000. The van der Waals surface area contributed by atoms with E-state index in [9.17, 15) is 0 Å². The van der Waals surface area contributed by atoms with Crippen LogP contribution in [0.4, 0.5) is 17.1 Å². The van der Waals surface area contributed by atoms with Crippen molar-refractivity contribution in [2.24, 2.45) is 0 Å². The highest BCUT2D eigenvalue weighted by molar-refractivity contribution is 6.17. The average molecular weight is 653 g/mol. The van der Waals surface area contributed by atoms with Gasteiger partial charge >= 0.3 is 0 Å². The largest absolute Gasteiger partial charge is 0.455 e. The summed E-state index contributed by atoms with van der Waals surface area (Å²) in [6.45, 7) is 0. The molecule has 8 aromatic carbocycles. The molecule has 0 amide bonds. The lowest BCUT2D eigenvalue weighted by molar-refractivity contribution is 0.672. The van der Waals surface area contributed by atoms with Gasteiger partial charge in [0.15, 0.2) is 0 Å². The number of anilines is 3. The molecule has 0 saturated carbocycles. The Morgan fingerprint density at radius 1 is 0.373 bits per heavy atom. The third-order valence-electron chi connectivity index (χ3n) is 10.3. The van der Waals surface area contributed by atoms with Crippen molar-refractivity contribution in [2.75, 3.05) is 4.90 Å². The number of rotatable bonds is 4. The van der Waals surface area contributed by atoms with Crippen LogP contribution in [0.15, 0.2) is 179 Å². The third kappa shape index (κ3) is 4.37. The maximum Gasteiger partial charge on any atom is 0.143 e. The van der Waals surface area contributed by atoms with Crippen LogP contribution < -0.4 is 4.90 Å². The Morgan fingerprint density at radius 3 is 1.53 bits per heavy atom. The number of furan rings is 2. The summed E-state index contributed by atoms with van der Waals surface area (Å²) in [5.74, 6) is 0. The fourth-order valence-electron chi connectivity index (χ4n) is 7.79. The number of aromatic nitrogens is 1. The zero-order valence-electron chi connectivity index (χ0n) is 27.4. The van der Waals surface area contributed by atoms with Gasteiger partial charge in [-0.3, -0.25) is 4.98 Å². The number of pyridine rings is 1. The summed E-state index contributed by atoms with van der Waals surface area (Å²) in [7, 11) is 0. The summed E-state index contributed by atoms with van der Waals surface area (Å²) in [4.78, 5) is 6.61. The van der Waals surface area contributed by atoms with Gasteiger partial charge in [-0.1, -0.05) is 72.8 Å². The third-order valence-corrected chi connectivity index (χ3v) is 10.3. The highest BCUT2D eigenvalue weighted by atomic mass is 16.3. The first-order valence-electron chi connectivity index (χ1n) is 17.2. The molecule has 0 aliphatic carbocycles. The van der Waals surface area contributed by atoms with E-state index in [0.717, 1.165) is 93.4 Å². The van der Waals surface area contributed by atoms with Crippen molar-refractivity contribution < 1.29 is 8.83 Å². The lowest BCUT2D eigenvalue weighted by atomic mass is 10.0. The van der Waals surface area contributed by atoms with Crippen LogP contribution in [0.2, 0.25) is 0 Å². The molecule has 238 valence electrons. The average Bonchev–Trinajstić information content (AvgIpc) is 3.77. The first kappa shape index (κ1) is 28.0. The maximum absolute atomic E-state index is 6.40. The van der Waals surface area contributed by atoms with Crippen molar-refractivity contribution in [3.05, 3.63) is 170 Å². The van der Waals surface area contributed by atoms with Gasteiger partial charge in [-0.25, -0.2) is 0 Å². The molecule has 0 spiro atoms. The highest BCUT2D eigenvalue weighted by Crippen LogP contribution is 2.42. The molecule has 3 heterocycles. The summed E-state index contributed by atoms with van der Waals surface area (Å²) >= 11 is 0. The first-order chi connectivity index (χ1) is 25.2. The summed E-state index contributed by atoms with van der Waals surface area (Å²) in [6, 6.07) is 56.0. The lowest BCUT2D eigenvalue weighted by Crippen LogP contribution is -2.10. The van der Waals surface area contributed by atoms with E-state index < -0.39 is 0 Å². The number of benzene rings is 8. The van der Waals surface area contributed by atoms with E-state index in [1.165, 1.54) is 10.9 Å². The molecule has 0 radical (unpaired) electrons. The predicted octanol–water partition coefficient (Wildman–Crippen LogP) is 13.5. The molecule has 0 unspecified atom stereocenters. The zero-order valence-corrected chi connectivity index (χ0v) is 27.4. The normalized spacial score (nSPS) is 11.9. The van der Waals surface area contributed by atoms with E-state index in [-0.39, 0.29) is 0 Å². The van der Waals surface area contributed by atoms with E-state index in [4.69, 9.17) is 8.83 Å². The van der Waals surface area contributed by atoms with Crippen molar-refractivity contribution in [3.8, 4) is 11.1 Å². The SMILES string of the molecule is c1ccc2c(c1)oc1c3ccc(N(c4ccc(-c5ccc6cnccc6c5)cc4)c4ccc5c(ccc6c7ccccc7oc56)c4)cc3ccc21. The van der Waals surface area contributed by atoms with E-state index in [1.807, 2.05) is 36.7 Å². The molecule has 0 aliphatic rings. The van der Waals surface area contributed by atoms with Gasteiger partial charge in [-0.2, -0.15) is 0 Å². The summed E-state index contributed by atoms with van der Waals surface area (Å²) in [5.41, 5.74) is 9.18. The number of hydrogen-bond donors (Lipinski definition) is 0. The molecule has 0 bridgehead atoms. The molecule has 3 aromatic heterocycles. The second-order valence-corrected chi connectivity index (χ2v) is 13.2. The molecule has 0 saturated heterocycles. The zero-order chi connectivity index (χ0) is 33.5. The fourth-order valence-corrected chi connectivity index (χ4v) is 7.79. The molecule has 0 atom stereocenters. The second-order valence-electron chi connectivity index (χ2n) is 13.2. The van der Waals surface area contributed by atoms with Gasteiger partial charge in [0.2, 0.25) is 0 Å². The van der Waals surface area contributed by atoms with Crippen LogP contribution in [0.25, 0.3) is 87.3 Å². The second kappa shape index (κ2) is 10.8. The van der Waals surface area contributed by atoms with Crippen LogP contribution in [0.1, 0.15) is 0 Å². The smallest absolute Gasteiger partial charge is 0.143 e. The van der Waals surface area contributed by atoms with E-state index in [1.54, 1.807) is 0 Å². The number of fused-ring (bicyclic) bond motifs is 11. The first-order valence-corrected chi connectivity index (χ1v) is 17.2. The minimum Gasteiger partial charge on any atom is -0.455 e. The van der Waals surface area contributed by atoms with Crippen LogP contribution in [0.3, 0.4) is 0 Å². The van der Waals surface area contributed by atoms with E-state index in [2.05, 4.69) is 143 Å². The molecular weight excluding hydrogens is 625 g/mol. The standard InChI is InChI=1S/C47H28N2O2/c1-3-7-44-40(5-1)42-19-13-32-26-36(17-21-38(32)46(42)50-44)49(35-15-11-29(12-16-35)30-9-10-34-28-48-24-23-31(34)25-30)37-18-22-39-33(27-37)14-20-43-41-6-2-4-8-45(41)51-47(39)43/h1-28H. The van der Waals surface area contributed by atoms with Crippen LogP contribution in [-0.2, 0) is 0 Å². The minimum absolute atomic E-state index is 0.906. The van der Waals surface area contributed by atoms with Crippen molar-refractivity contribution >= 4 is 93.3 Å². The maximum atomic E-state index is 6.40. The van der Waals surface area contributed by atoms with Crippen molar-refractivity contribution in [1.29, 1.82) is 0 Å². The Balaban J connectivity index is 1.07. The highest BCUT2D eigenvalue weighted by Gasteiger charge is 2.18. The fraction of sp³-hybridized carbons (Fsp3) is 0. The molecule has 11 rings (SSSR count). The Morgan fingerprint density at radius 2 is 0.902 bits per heavy atom. The number of nitrogens with zero attached hydrogens (tertiary/aromatic N) is 2. The van der Waals surface area contributed by atoms with Gasteiger partial charge in [0.1, 0.15) is 22.3 Å².